The van der Waals surface area contributed by atoms with E-state index in [0.717, 1.165) is 42.3 Å². The number of nitrogens with zero attached hydrogens (tertiary/aromatic N) is 3. The Kier molecular flexibility index (Phi) is 4.61. The Morgan fingerprint density at radius 2 is 1.74 bits per heavy atom. The predicted octanol–water partition coefficient (Wildman–Crippen LogP) is 4.14. The van der Waals surface area contributed by atoms with E-state index in [1.807, 2.05) is 37.3 Å². The second kappa shape index (κ2) is 6.41. The number of aryl methyl sites for hydroxylation is 1. The zero-order valence-electron chi connectivity index (χ0n) is 11.9. The average Bonchev–Trinajstić information content (AvgIpc) is 2.45. The quantitative estimate of drug-likeness (QED) is 0.806. The number of aromatic nitrogens is 3. The number of hydrogen-bond acceptors (Lipinski definition) is 3. The van der Waals surface area contributed by atoms with E-state index >= 15 is 0 Å². The van der Waals surface area contributed by atoms with Crippen molar-refractivity contribution < 1.29 is 0 Å². The minimum atomic E-state index is 0.439. The van der Waals surface area contributed by atoms with E-state index in [1.165, 1.54) is 0 Å². The molecular formula is C16H21N3. The standard InChI is InChI=1S/C16H21N3/c1-4-9-13(5-2)15-17-12(3)18-16(19-15)14-10-7-6-8-11-14/h6-8,10-11,13H,4-5,9H2,1-3H3. The van der Waals surface area contributed by atoms with Crippen molar-refractivity contribution in [3.05, 3.63) is 42.0 Å². The van der Waals surface area contributed by atoms with E-state index in [4.69, 9.17) is 0 Å². The number of rotatable bonds is 5. The van der Waals surface area contributed by atoms with Gasteiger partial charge in [-0.2, -0.15) is 0 Å². The van der Waals surface area contributed by atoms with Crippen molar-refractivity contribution in [2.24, 2.45) is 0 Å². The summed E-state index contributed by atoms with van der Waals surface area (Å²) in [6.45, 7) is 6.34. The van der Waals surface area contributed by atoms with Gasteiger partial charge in [0.05, 0.1) is 0 Å². The lowest BCUT2D eigenvalue weighted by molar-refractivity contribution is 0.559. The maximum Gasteiger partial charge on any atom is 0.163 e. The van der Waals surface area contributed by atoms with E-state index in [0.29, 0.717) is 5.92 Å². The second-order valence-electron chi connectivity index (χ2n) is 4.82. The SMILES string of the molecule is CCCC(CC)c1nc(C)nc(-c2ccccc2)n1. The summed E-state index contributed by atoms with van der Waals surface area (Å²) >= 11 is 0. The first kappa shape index (κ1) is 13.7. The molecule has 0 saturated carbocycles. The fraction of sp³-hybridized carbons (Fsp3) is 0.438. The molecule has 0 aliphatic carbocycles. The lowest BCUT2D eigenvalue weighted by Gasteiger charge is -2.13. The van der Waals surface area contributed by atoms with E-state index in [1.54, 1.807) is 0 Å². The van der Waals surface area contributed by atoms with Gasteiger partial charge in [0, 0.05) is 11.5 Å². The maximum atomic E-state index is 4.67. The van der Waals surface area contributed by atoms with Crippen LogP contribution < -0.4 is 0 Å². The Morgan fingerprint density at radius 1 is 1.00 bits per heavy atom. The van der Waals surface area contributed by atoms with Crippen molar-refractivity contribution in [3.8, 4) is 11.4 Å². The van der Waals surface area contributed by atoms with Gasteiger partial charge in [-0.25, -0.2) is 15.0 Å². The van der Waals surface area contributed by atoms with Crippen LogP contribution >= 0.6 is 0 Å². The highest BCUT2D eigenvalue weighted by atomic mass is 15.0. The second-order valence-corrected chi connectivity index (χ2v) is 4.82. The van der Waals surface area contributed by atoms with Gasteiger partial charge in [-0.15, -0.1) is 0 Å². The van der Waals surface area contributed by atoms with E-state index < -0.39 is 0 Å². The predicted molar refractivity (Wildman–Crippen MR) is 77.9 cm³/mol. The van der Waals surface area contributed by atoms with Crippen molar-refractivity contribution in [3.63, 3.8) is 0 Å². The number of benzene rings is 1. The van der Waals surface area contributed by atoms with Crippen LogP contribution in [0.5, 0.6) is 0 Å². The molecule has 0 aliphatic rings. The van der Waals surface area contributed by atoms with Gasteiger partial charge in [0.15, 0.2) is 5.82 Å². The van der Waals surface area contributed by atoms with Crippen LogP contribution in [0, 0.1) is 6.92 Å². The van der Waals surface area contributed by atoms with Crippen molar-refractivity contribution in [1.29, 1.82) is 0 Å². The first-order valence-electron chi connectivity index (χ1n) is 7.02. The molecule has 3 nitrogen and oxygen atoms in total. The van der Waals surface area contributed by atoms with Crippen LogP contribution in [0.4, 0.5) is 0 Å². The molecule has 0 aliphatic heterocycles. The monoisotopic (exact) mass is 255 g/mol. The normalized spacial score (nSPS) is 12.4. The average molecular weight is 255 g/mol. The molecule has 3 heteroatoms. The van der Waals surface area contributed by atoms with Gasteiger partial charge in [-0.1, -0.05) is 50.6 Å². The first-order valence-corrected chi connectivity index (χ1v) is 7.02. The molecule has 2 rings (SSSR count). The summed E-state index contributed by atoms with van der Waals surface area (Å²) in [5.41, 5.74) is 1.06. The van der Waals surface area contributed by atoms with Gasteiger partial charge in [0.1, 0.15) is 11.6 Å². The van der Waals surface area contributed by atoms with Gasteiger partial charge in [0.25, 0.3) is 0 Å². The summed E-state index contributed by atoms with van der Waals surface area (Å²) in [6.07, 6.45) is 3.36. The van der Waals surface area contributed by atoms with E-state index in [9.17, 15) is 0 Å². The van der Waals surface area contributed by atoms with E-state index in [-0.39, 0.29) is 0 Å². The van der Waals surface area contributed by atoms with Crippen molar-refractivity contribution >= 4 is 0 Å². The summed E-state index contributed by atoms with van der Waals surface area (Å²) < 4.78 is 0. The molecule has 0 saturated heterocycles. The highest BCUT2D eigenvalue weighted by Crippen LogP contribution is 2.23. The number of hydrogen-bond donors (Lipinski definition) is 0. The van der Waals surface area contributed by atoms with Crippen LogP contribution in [0.2, 0.25) is 0 Å². The molecule has 0 radical (unpaired) electrons. The van der Waals surface area contributed by atoms with Gasteiger partial charge >= 0.3 is 0 Å². The lowest BCUT2D eigenvalue weighted by atomic mass is 10.00. The largest absolute Gasteiger partial charge is 0.218 e. The Balaban J connectivity index is 2.39. The summed E-state index contributed by atoms with van der Waals surface area (Å²) in [5, 5.41) is 0. The Hall–Kier alpha value is -1.77. The summed E-state index contributed by atoms with van der Waals surface area (Å²) in [4.78, 5) is 13.7. The maximum absolute atomic E-state index is 4.67. The zero-order chi connectivity index (χ0) is 13.7. The molecule has 1 heterocycles. The van der Waals surface area contributed by atoms with Crippen LogP contribution in [0.15, 0.2) is 30.3 Å². The minimum Gasteiger partial charge on any atom is -0.218 e. The van der Waals surface area contributed by atoms with Crippen LogP contribution in [-0.2, 0) is 0 Å². The fourth-order valence-corrected chi connectivity index (χ4v) is 2.27. The molecule has 0 fully saturated rings. The van der Waals surface area contributed by atoms with Crippen LogP contribution in [0.3, 0.4) is 0 Å². The van der Waals surface area contributed by atoms with Gasteiger partial charge in [0.2, 0.25) is 0 Å². The van der Waals surface area contributed by atoms with Crippen LogP contribution in [0.1, 0.15) is 50.7 Å². The molecule has 0 N–H and O–H groups in total. The molecule has 1 atom stereocenters. The van der Waals surface area contributed by atoms with Crippen molar-refractivity contribution in [1.82, 2.24) is 15.0 Å². The van der Waals surface area contributed by atoms with Crippen molar-refractivity contribution in [2.45, 2.75) is 46.0 Å². The van der Waals surface area contributed by atoms with Crippen molar-refractivity contribution in [2.75, 3.05) is 0 Å². The Bertz CT molecular complexity index is 523. The van der Waals surface area contributed by atoms with Gasteiger partial charge in [-0.05, 0) is 19.8 Å². The smallest absolute Gasteiger partial charge is 0.163 e. The zero-order valence-corrected chi connectivity index (χ0v) is 11.9. The third kappa shape index (κ3) is 3.37. The molecule has 1 aromatic carbocycles. The third-order valence-corrected chi connectivity index (χ3v) is 3.29. The van der Waals surface area contributed by atoms with E-state index in [2.05, 4.69) is 28.8 Å². The Morgan fingerprint density at radius 3 is 2.37 bits per heavy atom. The molecule has 2 aromatic rings. The first-order chi connectivity index (χ1) is 9.24. The summed E-state index contributed by atoms with van der Waals surface area (Å²) in [5.74, 6) is 2.97. The molecule has 19 heavy (non-hydrogen) atoms. The van der Waals surface area contributed by atoms with Gasteiger partial charge in [-0.3, -0.25) is 0 Å². The molecule has 100 valence electrons. The molecule has 0 spiro atoms. The molecule has 0 bridgehead atoms. The lowest BCUT2D eigenvalue weighted by Crippen LogP contribution is -2.08. The fourth-order valence-electron chi connectivity index (χ4n) is 2.27. The molecule has 0 amide bonds. The topological polar surface area (TPSA) is 38.7 Å². The van der Waals surface area contributed by atoms with Gasteiger partial charge < -0.3 is 0 Å². The summed E-state index contributed by atoms with van der Waals surface area (Å²) in [6, 6.07) is 10.1. The highest BCUT2D eigenvalue weighted by molar-refractivity contribution is 5.54. The van der Waals surface area contributed by atoms with Crippen LogP contribution in [-0.4, -0.2) is 15.0 Å². The third-order valence-electron chi connectivity index (χ3n) is 3.29. The summed E-state index contributed by atoms with van der Waals surface area (Å²) in [7, 11) is 0. The molecule has 1 unspecified atom stereocenters. The molecular weight excluding hydrogens is 234 g/mol. The molecule has 1 aromatic heterocycles. The Labute approximate surface area is 115 Å². The van der Waals surface area contributed by atoms with Crippen LogP contribution in [0.25, 0.3) is 11.4 Å². The minimum absolute atomic E-state index is 0.439. The highest BCUT2D eigenvalue weighted by Gasteiger charge is 2.14.